The summed E-state index contributed by atoms with van der Waals surface area (Å²) in [5.74, 6) is 0.394. The van der Waals surface area contributed by atoms with Crippen LogP contribution in [0.25, 0.3) is 10.8 Å². The van der Waals surface area contributed by atoms with E-state index >= 15 is 0 Å². The van der Waals surface area contributed by atoms with Gasteiger partial charge in [0.2, 0.25) is 0 Å². The number of carbonyl (C=O) groups excluding carboxylic acids is 1. The summed E-state index contributed by atoms with van der Waals surface area (Å²) in [6.45, 7) is 0.745. The van der Waals surface area contributed by atoms with Crippen molar-refractivity contribution < 1.29 is 8.91 Å². The highest BCUT2D eigenvalue weighted by molar-refractivity contribution is 6.31. The molecule has 3 heterocycles. The molecule has 1 amide bonds. The summed E-state index contributed by atoms with van der Waals surface area (Å²) in [4.78, 5) is 19.7. The van der Waals surface area contributed by atoms with E-state index in [0.717, 1.165) is 46.2 Å². The number of piperidine rings is 1. The lowest BCUT2D eigenvalue weighted by atomic mass is 9.93. The fourth-order valence-corrected chi connectivity index (χ4v) is 4.89. The van der Waals surface area contributed by atoms with Gasteiger partial charge in [-0.2, -0.15) is 0 Å². The van der Waals surface area contributed by atoms with Crippen molar-refractivity contribution in [1.82, 2.24) is 20.0 Å². The Morgan fingerprint density at radius 3 is 2.91 bits per heavy atom. The number of hydrogen-bond donors (Lipinski definition) is 1. The minimum absolute atomic E-state index is 0.167. The normalized spacial score (nSPS) is 17.9. The smallest absolute Gasteiger partial charge is 0.256 e. The topological polar surface area (TPSA) is 75.9 Å². The van der Waals surface area contributed by atoms with E-state index in [2.05, 4.69) is 25.5 Å². The average Bonchev–Trinajstić information content (AvgIpc) is 3.28. The third-order valence-electron chi connectivity index (χ3n) is 6.09. The lowest BCUT2D eigenvalue weighted by Crippen LogP contribution is -2.36. The van der Waals surface area contributed by atoms with E-state index in [1.165, 1.54) is 0 Å². The van der Waals surface area contributed by atoms with Gasteiger partial charge in [0.15, 0.2) is 5.82 Å². The fraction of sp³-hybridized carbons (Fsp3) is 0.280. The third kappa shape index (κ3) is 4.16. The van der Waals surface area contributed by atoms with Gasteiger partial charge in [0, 0.05) is 52.3 Å². The van der Waals surface area contributed by atoms with E-state index in [1.54, 1.807) is 30.5 Å². The molecule has 7 nitrogen and oxygen atoms in total. The maximum absolute atomic E-state index is 12.8. The maximum Gasteiger partial charge on any atom is 0.256 e. The summed E-state index contributed by atoms with van der Waals surface area (Å²) in [6.07, 6.45) is 3.30. The molecule has 168 valence electrons. The summed E-state index contributed by atoms with van der Waals surface area (Å²) in [7, 11) is 0. The molecule has 0 spiro atoms. The van der Waals surface area contributed by atoms with Crippen LogP contribution in [-0.2, 0) is 6.98 Å². The molecule has 2 aromatic heterocycles. The predicted molar refractivity (Wildman–Crippen MR) is 131 cm³/mol. The van der Waals surface area contributed by atoms with Gasteiger partial charge in [-0.15, -0.1) is 5.10 Å². The highest BCUT2D eigenvalue weighted by Crippen LogP contribution is 2.36. The molecule has 0 bridgehead atoms. The van der Waals surface area contributed by atoms with Crippen LogP contribution in [0.2, 0.25) is 5.02 Å². The zero-order chi connectivity index (χ0) is 25.4. The SMILES string of the molecule is [2H]C([2H])([2H])n1nnc(NC(=O)c2ccccc2)c1[C@@H]1CCCN(c2nccc3cc(Cl)cc(C)c23)C1. The van der Waals surface area contributed by atoms with Crippen molar-refractivity contribution in [2.75, 3.05) is 23.3 Å². The van der Waals surface area contributed by atoms with Crippen molar-refractivity contribution >= 4 is 39.9 Å². The second-order valence-electron chi connectivity index (χ2n) is 8.30. The Balaban J connectivity index is 1.51. The highest BCUT2D eigenvalue weighted by Gasteiger charge is 2.29. The van der Waals surface area contributed by atoms with Crippen LogP contribution in [0.3, 0.4) is 0 Å². The summed E-state index contributed by atoms with van der Waals surface area (Å²) in [6, 6.07) is 14.5. The van der Waals surface area contributed by atoms with Gasteiger partial charge in [-0.25, -0.2) is 9.67 Å². The second kappa shape index (κ2) is 8.83. The monoisotopic (exact) mass is 463 g/mol. The van der Waals surface area contributed by atoms with Crippen LogP contribution in [0.4, 0.5) is 11.6 Å². The quantitative estimate of drug-likeness (QED) is 0.463. The Labute approximate surface area is 201 Å². The average molecular weight is 464 g/mol. The maximum atomic E-state index is 12.8. The zero-order valence-corrected chi connectivity index (χ0v) is 18.9. The van der Waals surface area contributed by atoms with Crippen LogP contribution in [-0.4, -0.2) is 39.0 Å². The Morgan fingerprint density at radius 1 is 1.24 bits per heavy atom. The van der Waals surface area contributed by atoms with Gasteiger partial charge in [0.05, 0.1) is 5.69 Å². The van der Waals surface area contributed by atoms with E-state index in [4.69, 9.17) is 15.7 Å². The number of nitrogens with zero attached hydrogens (tertiary/aromatic N) is 5. The molecule has 0 radical (unpaired) electrons. The van der Waals surface area contributed by atoms with Crippen molar-refractivity contribution in [3.05, 3.63) is 76.6 Å². The first-order valence-corrected chi connectivity index (χ1v) is 11.2. The number of aryl methyl sites for hydroxylation is 2. The van der Waals surface area contributed by atoms with Gasteiger partial charge in [-0.05, 0) is 61.0 Å². The predicted octanol–water partition coefficient (Wildman–Crippen LogP) is 4.96. The molecule has 4 aromatic rings. The Morgan fingerprint density at radius 2 is 2.09 bits per heavy atom. The van der Waals surface area contributed by atoms with Gasteiger partial charge in [0.1, 0.15) is 5.82 Å². The molecule has 1 fully saturated rings. The van der Waals surface area contributed by atoms with Crippen molar-refractivity contribution in [1.29, 1.82) is 0 Å². The standard InChI is InChI=1S/C25H25ClN6O/c1-16-13-20(26)14-18-10-11-27-24(21(16)18)32-12-6-9-19(15-32)22-23(29-30-31(22)2)28-25(33)17-7-4-3-5-8-17/h3-5,7-8,10-11,13-14,19H,6,9,12,15H2,1-2H3,(H,28,33)/t19-/m1/s1/i2D3. The molecular formula is C25H25ClN6O. The number of pyridine rings is 1. The molecule has 1 saturated heterocycles. The van der Waals surface area contributed by atoms with Crippen LogP contribution in [0.1, 0.15) is 44.5 Å². The van der Waals surface area contributed by atoms with E-state index in [1.807, 2.05) is 31.2 Å². The van der Waals surface area contributed by atoms with Gasteiger partial charge in [-0.3, -0.25) is 4.79 Å². The first-order chi connectivity index (χ1) is 17.2. The van der Waals surface area contributed by atoms with E-state index in [-0.39, 0.29) is 17.6 Å². The first kappa shape index (κ1) is 18.0. The number of carbonyl (C=O) groups is 1. The Kier molecular flexibility index (Phi) is 4.82. The van der Waals surface area contributed by atoms with Gasteiger partial charge < -0.3 is 10.2 Å². The minimum atomic E-state index is -2.54. The molecule has 1 atom stereocenters. The summed E-state index contributed by atoms with van der Waals surface area (Å²) in [5.41, 5.74) is 1.86. The van der Waals surface area contributed by atoms with E-state index < -0.39 is 6.98 Å². The molecule has 1 aliphatic heterocycles. The lowest BCUT2D eigenvalue weighted by Gasteiger charge is -2.34. The van der Waals surface area contributed by atoms with Crippen molar-refractivity contribution in [3.63, 3.8) is 0 Å². The van der Waals surface area contributed by atoms with Crippen LogP contribution in [0.5, 0.6) is 0 Å². The Hall–Kier alpha value is -3.45. The number of hydrogen-bond acceptors (Lipinski definition) is 5. The summed E-state index contributed by atoms with van der Waals surface area (Å²) < 4.78 is 25.0. The summed E-state index contributed by atoms with van der Waals surface area (Å²) >= 11 is 6.28. The number of nitrogens with one attached hydrogen (secondary N) is 1. The fourth-order valence-electron chi connectivity index (χ4n) is 4.60. The number of amides is 1. The number of anilines is 2. The van der Waals surface area contributed by atoms with Crippen LogP contribution >= 0.6 is 11.6 Å². The van der Waals surface area contributed by atoms with E-state index in [9.17, 15) is 4.79 Å². The van der Waals surface area contributed by atoms with Crippen LogP contribution in [0, 0.1) is 6.92 Å². The molecular weight excluding hydrogens is 436 g/mol. The van der Waals surface area contributed by atoms with Crippen LogP contribution in [0.15, 0.2) is 54.7 Å². The molecule has 1 aliphatic rings. The third-order valence-corrected chi connectivity index (χ3v) is 6.30. The van der Waals surface area contributed by atoms with Crippen molar-refractivity contribution in [2.45, 2.75) is 25.7 Å². The molecule has 0 unspecified atom stereocenters. The molecule has 1 N–H and O–H groups in total. The minimum Gasteiger partial charge on any atom is -0.355 e. The van der Waals surface area contributed by atoms with Gasteiger partial charge in [0.25, 0.3) is 5.91 Å². The van der Waals surface area contributed by atoms with Crippen molar-refractivity contribution in [2.24, 2.45) is 6.98 Å². The molecule has 8 heteroatoms. The largest absolute Gasteiger partial charge is 0.355 e. The molecule has 0 saturated carbocycles. The van der Waals surface area contributed by atoms with Gasteiger partial charge >= 0.3 is 0 Å². The molecule has 0 aliphatic carbocycles. The molecule has 5 rings (SSSR count). The number of fused-ring (bicyclic) bond motifs is 1. The first-order valence-electron chi connectivity index (χ1n) is 12.3. The second-order valence-corrected chi connectivity index (χ2v) is 8.73. The van der Waals surface area contributed by atoms with Gasteiger partial charge in [-0.1, -0.05) is 35.0 Å². The molecule has 2 aromatic carbocycles. The lowest BCUT2D eigenvalue weighted by molar-refractivity contribution is 0.102. The number of halogens is 1. The number of benzene rings is 2. The van der Waals surface area contributed by atoms with E-state index in [0.29, 0.717) is 22.8 Å². The number of rotatable bonds is 4. The molecule has 33 heavy (non-hydrogen) atoms. The zero-order valence-electron chi connectivity index (χ0n) is 21.1. The summed E-state index contributed by atoms with van der Waals surface area (Å²) in [5, 5.41) is 13.5. The Bertz CT molecular complexity index is 1420. The number of aromatic nitrogens is 4. The van der Waals surface area contributed by atoms with Crippen LogP contribution < -0.4 is 10.2 Å². The van der Waals surface area contributed by atoms with Crippen molar-refractivity contribution in [3.8, 4) is 0 Å². The highest BCUT2D eigenvalue weighted by atomic mass is 35.5.